The molecule has 1 fully saturated rings. The summed E-state index contributed by atoms with van der Waals surface area (Å²) in [5.74, 6) is -1.11. The molecule has 4 rings (SSSR count). The molecule has 0 saturated carbocycles. The lowest BCUT2D eigenvalue weighted by Gasteiger charge is -2.36. The molecule has 2 aliphatic rings. The topological polar surface area (TPSA) is 99.2 Å². The highest BCUT2D eigenvalue weighted by molar-refractivity contribution is 5.97. The first kappa shape index (κ1) is 24.7. The highest BCUT2D eigenvalue weighted by Gasteiger charge is 2.33. The standard InChI is InChI=1S/C26H30FN3O5/c1-26(2,3)35-25(34)29-12-13-30(22(32)15-29)19-10-6-16-7-11-21(31)23(20(16)14-19)28-24(33)17-4-8-18(27)9-5-17/h4-6,8-10,14,21,23,31H,7,11-13,15H2,1-3H3,(H,28,33). The second-order valence-electron chi connectivity index (χ2n) is 9.89. The maximum atomic E-state index is 13.2. The summed E-state index contributed by atoms with van der Waals surface area (Å²) in [4.78, 5) is 41.0. The normalized spacial score (nSPS) is 20.3. The lowest BCUT2D eigenvalue weighted by molar-refractivity contribution is -0.121. The summed E-state index contributed by atoms with van der Waals surface area (Å²) in [5, 5.41) is 13.5. The monoisotopic (exact) mass is 483 g/mol. The van der Waals surface area contributed by atoms with Crippen LogP contribution in [0.3, 0.4) is 0 Å². The van der Waals surface area contributed by atoms with Crippen molar-refractivity contribution in [2.75, 3.05) is 24.5 Å². The number of benzene rings is 2. The zero-order chi connectivity index (χ0) is 25.3. The highest BCUT2D eigenvalue weighted by Crippen LogP contribution is 2.34. The number of anilines is 1. The van der Waals surface area contributed by atoms with Crippen molar-refractivity contribution in [2.24, 2.45) is 0 Å². The van der Waals surface area contributed by atoms with E-state index in [0.717, 1.165) is 11.1 Å². The number of aliphatic hydroxyl groups is 1. The van der Waals surface area contributed by atoms with E-state index in [-0.39, 0.29) is 18.0 Å². The largest absolute Gasteiger partial charge is 0.444 e. The maximum absolute atomic E-state index is 13.2. The molecule has 2 N–H and O–H groups in total. The molecule has 35 heavy (non-hydrogen) atoms. The number of hydrogen-bond acceptors (Lipinski definition) is 5. The van der Waals surface area contributed by atoms with E-state index in [1.807, 2.05) is 18.2 Å². The van der Waals surface area contributed by atoms with Gasteiger partial charge in [-0.3, -0.25) is 14.5 Å². The molecular formula is C26H30FN3O5. The predicted octanol–water partition coefficient (Wildman–Crippen LogP) is 3.19. The second kappa shape index (κ2) is 9.65. The molecule has 0 radical (unpaired) electrons. The van der Waals surface area contributed by atoms with Crippen molar-refractivity contribution in [2.45, 2.75) is 51.4 Å². The van der Waals surface area contributed by atoms with Gasteiger partial charge in [-0.25, -0.2) is 9.18 Å². The van der Waals surface area contributed by atoms with Gasteiger partial charge in [0.25, 0.3) is 5.91 Å². The number of ether oxygens (including phenoxy) is 1. The second-order valence-corrected chi connectivity index (χ2v) is 9.89. The van der Waals surface area contributed by atoms with Crippen molar-refractivity contribution in [3.05, 3.63) is 65.0 Å². The third kappa shape index (κ3) is 5.62. The van der Waals surface area contributed by atoms with Crippen LogP contribution in [0, 0.1) is 5.82 Å². The zero-order valence-corrected chi connectivity index (χ0v) is 20.1. The van der Waals surface area contributed by atoms with Crippen molar-refractivity contribution >= 4 is 23.6 Å². The lowest BCUT2D eigenvalue weighted by Crippen LogP contribution is -2.53. The molecular weight excluding hydrogens is 453 g/mol. The molecule has 1 aliphatic heterocycles. The zero-order valence-electron chi connectivity index (χ0n) is 20.1. The van der Waals surface area contributed by atoms with Gasteiger partial charge in [0.05, 0.1) is 12.1 Å². The van der Waals surface area contributed by atoms with Crippen LogP contribution in [0.4, 0.5) is 14.9 Å². The highest BCUT2D eigenvalue weighted by atomic mass is 19.1. The molecule has 0 spiro atoms. The minimum absolute atomic E-state index is 0.0979. The summed E-state index contributed by atoms with van der Waals surface area (Å²) >= 11 is 0. The number of nitrogens with zero attached hydrogens (tertiary/aromatic N) is 2. The van der Waals surface area contributed by atoms with E-state index in [1.165, 1.54) is 29.2 Å². The van der Waals surface area contributed by atoms with E-state index in [2.05, 4.69) is 5.32 Å². The Balaban J connectivity index is 1.52. The van der Waals surface area contributed by atoms with Gasteiger partial charge in [0.2, 0.25) is 5.91 Å². The first-order valence-electron chi connectivity index (χ1n) is 11.7. The summed E-state index contributed by atoms with van der Waals surface area (Å²) in [5.41, 5.74) is 1.98. The van der Waals surface area contributed by atoms with Crippen molar-refractivity contribution in [3.8, 4) is 0 Å². The van der Waals surface area contributed by atoms with Crippen LogP contribution in [0.2, 0.25) is 0 Å². The number of fused-ring (bicyclic) bond motifs is 1. The lowest BCUT2D eigenvalue weighted by atomic mass is 9.85. The smallest absolute Gasteiger partial charge is 0.410 e. The number of nitrogens with one attached hydrogen (secondary N) is 1. The van der Waals surface area contributed by atoms with E-state index in [0.29, 0.717) is 31.6 Å². The van der Waals surface area contributed by atoms with Gasteiger partial charge < -0.3 is 20.1 Å². The minimum atomic E-state index is -0.804. The molecule has 1 heterocycles. The SMILES string of the molecule is CC(C)(C)OC(=O)N1CCN(c2ccc3c(c2)C(NC(=O)c2ccc(F)cc2)C(O)CC3)C(=O)C1. The molecule has 0 bridgehead atoms. The van der Waals surface area contributed by atoms with Crippen molar-refractivity contribution in [3.63, 3.8) is 0 Å². The molecule has 2 atom stereocenters. The van der Waals surface area contributed by atoms with Crippen LogP contribution >= 0.6 is 0 Å². The number of hydrogen-bond donors (Lipinski definition) is 2. The minimum Gasteiger partial charge on any atom is -0.444 e. The Kier molecular flexibility index (Phi) is 6.80. The van der Waals surface area contributed by atoms with Gasteiger partial charge in [-0.05, 0) is 81.1 Å². The van der Waals surface area contributed by atoms with Crippen LogP contribution < -0.4 is 10.2 Å². The Morgan fingerprint density at radius 2 is 1.83 bits per heavy atom. The average molecular weight is 484 g/mol. The summed E-state index contributed by atoms with van der Waals surface area (Å²) in [7, 11) is 0. The number of carbonyl (C=O) groups excluding carboxylic acids is 3. The Morgan fingerprint density at radius 1 is 1.11 bits per heavy atom. The first-order chi connectivity index (χ1) is 16.5. The maximum Gasteiger partial charge on any atom is 0.410 e. The first-order valence-corrected chi connectivity index (χ1v) is 11.7. The van der Waals surface area contributed by atoms with Crippen LogP contribution in [-0.2, 0) is 16.0 Å². The number of amides is 3. The van der Waals surface area contributed by atoms with Gasteiger partial charge in [-0.1, -0.05) is 6.07 Å². The van der Waals surface area contributed by atoms with Crippen molar-refractivity contribution < 1.29 is 28.6 Å². The van der Waals surface area contributed by atoms with E-state index in [9.17, 15) is 23.9 Å². The summed E-state index contributed by atoms with van der Waals surface area (Å²) < 4.78 is 18.6. The average Bonchev–Trinajstić information content (AvgIpc) is 2.80. The molecule has 0 aromatic heterocycles. The van der Waals surface area contributed by atoms with Gasteiger partial charge in [0, 0.05) is 24.3 Å². The quantitative estimate of drug-likeness (QED) is 0.699. The third-order valence-electron chi connectivity index (χ3n) is 6.14. The van der Waals surface area contributed by atoms with E-state index < -0.39 is 35.6 Å². The molecule has 9 heteroatoms. The number of rotatable bonds is 3. The number of aliphatic hydroxyl groups excluding tert-OH is 1. The summed E-state index contributed by atoms with van der Waals surface area (Å²) in [6.07, 6.45) is -0.210. The number of piperazine rings is 1. The number of carbonyl (C=O) groups is 3. The Bertz CT molecular complexity index is 1130. The fraction of sp³-hybridized carbons (Fsp3) is 0.423. The molecule has 2 aromatic rings. The Labute approximate surface area is 203 Å². The van der Waals surface area contributed by atoms with Crippen molar-refractivity contribution in [1.82, 2.24) is 10.2 Å². The van der Waals surface area contributed by atoms with Crippen LogP contribution in [0.1, 0.15) is 54.7 Å². The molecule has 186 valence electrons. The van der Waals surface area contributed by atoms with E-state index in [4.69, 9.17) is 4.74 Å². The molecule has 1 saturated heterocycles. The van der Waals surface area contributed by atoms with Crippen LogP contribution in [0.25, 0.3) is 0 Å². The molecule has 2 unspecified atom stereocenters. The third-order valence-corrected chi connectivity index (χ3v) is 6.14. The van der Waals surface area contributed by atoms with Crippen LogP contribution in [0.15, 0.2) is 42.5 Å². The van der Waals surface area contributed by atoms with Gasteiger partial charge in [0.15, 0.2) is 0 Å². The Hall–Kier alpha value is -3.46. The van der Waals surface area contributed by atoms with Gasteiger partial charge in [-0.2, -0.15) is 0 Å². The molecule has 1 aliphatic carbocycles. The van der Waals surface area contributed by atoms with E-state index >= 15 is 0 Å². The Morgan fingerprint density at radius 3 is 2.49 bits per heavy atom. The van der Waals surface area contributed by atoms with Gasteiger partial charge in [-0.15, -0.1) is 0 Å². The fourth-order valence-electron chi connectivity index (χ4n) is 4.37. The fourth-order valence-corrected chi connectivity index (χ4v) is 4.37. The molecule has 8 nitrogen and oxygen atoms in total. The molecule has 3 amide bonds. The van der Waals surface area contributed by atoms with Gasteiger partial charge in [0.1, 0.15) is 18.0 Å². The predicted molar refractivity (Wildman–Crippen MR) is 128 cm³/mol. The summed E-state index contributed by atoms with van der Waals surface area (Å²) in [6.45, 7) is 5.85. The van der Waals surface area contributed by atoms with E-state index in [1.54, 1.807) is 25.7 Å². The van der Waals surface area contributed by atoms with Crippen molar-refractivity contribution in [1.29, 1.82) is 0 Å². The summed E-state index contributed by atoms with van der Waals surface area (Å²) in [6, 6.07) is 10.1. The van der Waals surface area contributed by atoms with Crippen LogP contribution in [-0.4, -0.2) is 59.3 Å². The number of aryl methyl sites for hydroxylation is 1. The molecule has 2 aromatic carbocycles. The van der Waals surface area contributed by atoms with Crippen LogP contribution in [0.5, 0.6) is 0 Å². The van der Waals surface area contributed by atoms with Gasteiger partial charge >= 0.3 is 6.09 Å². The number of halogens is 1.